The normalized spacial score (nSPS) is 18.2. The molecule has 6 heteroatoms. The summed E-state index contributed by atoms with van der Waals surface area (Å²) in [5.41, 5.74) is 1.15. The van der Waals surface area contributed by atoms with E-state index in [1.165, 1.54) is 37.4 Å². The van der Waals surface area contributed by atoms with Crippen molar-refractivity contribution in [2.45, 2.75) is 55.8 Å². The van der Waals surface area contributed by atoms with Crippen molar-refractivity contribution in [1.29, 1.82) is 0 Å². The summed E-state index contributed by atoms with van der Waals surface area (Å²) < 4.78 is 2.30. The molecule has 0 unspecified atom stereocenters. The summed E-state index contributed by atoms with van der Waals surface area (Å²) in [4.78, 5) is 14.4. The van der Waals surface area contributed by atoms with Gasteiger partial charge >= 0.3 is 0 Å². The monoisotopic (exact) mass is 356 g/mol. The molecule has 1 heterocycles. The van der Waals surface area contributed by atoms with Crippen molar-refractivity contribution in [1.82, 2.24) is 19.7 Å². The zero-order chi connectivity index (χ0) is 17.4. The maximum Gasteiger partial charge on any atom is 0.233 e. The zero-order valence-corrected chi connectivity index (χ0v) is 15.6. The van der Waals surface area contributed by atoms with E-state index in [1.54, 1.807) is 0 Å². The maximum atomic E-state index is 12.6. The van der Waals surface area contributed by atoms with E-state index < -0.39 is 0 Å². The van der Waals surface area contributed by atoms with E-state index in [2.05, 4.69) is 33.8 Å². The van der Waals surface area contributed by atoms with Gasteiger partial charge in [0.15, 0.2) is 5.16 Å². The Kier molecular flexibility index (Phi) is 4.54. The first-order valence-electron chi connectivity index (χ1n) is 9.03. The third-order valence-corrected chi connectivity index (χ3v) is 6.05. The molecule has 0 aliphatic heterocycles. The lowest BCUT2D eigenvalue weighted by molar-refractivity contribution is -0.128. The number of thioether (sulfide) groups is 1. The van der Waals surface area contributed by atoms with Crippen molar-refractivity contribution in [2.75, 3.05) is 12.8 Å². The van der Waals surface area contributed by atoms with Crippen LogP contribution in [0.1, 0.15) is 62.0 Å². The minimum atomic E-state index is 0.0672. The van der Waals surface area contributed by atoms with Gasteiger partial charge in [-0.1, -0.05) is 42.1 Å². The first-order valence-corrected chi connectivity index (χ1v) is 10.0. The standard InChI is InChI=1S/C19H24N4OS/c1-13(14-6-4-3-5-7-14)22(2)17(24)12-25-19-21-20-18(15-8-9-15)23(19)16-10-11-16/h3-7,13,15-16H,8-12H2,1-2H3/t13-/m1/s1. The first-order chi connectivity index (χ1) is 12.1. The number of hydrogen-bond acceptors (Lipinski definition) is 4. The van der Waals surface area contributed by atoms with E-state index in [0.29, 0.717) is 17.7 Å². The lowest BCUT2D eigenvalue weighted by Gasteiger charge is -2.25. The van der Waals surface area contributed by atoms with Gasteiger partial charge in [-0.2, -0.15) is 0 Å². The third kappa shape index (κ3) is 3.59. The summed E-state index contributed by atoms with van der Waals surface area (Å²) in [5, 5.41) is 9.71. The highest BCUT2D eigenvalue weighted by Gasteiger charge is 2.36. The summed E-state index contributed by atoms with van der Waals surface area (Å²) in [5.74, 6) is 2.27. The predicted octanol–water partition coefficient (Wildman–Crippen LogP) is 3.80. The lowest BCUT2D eigenvalue weighted by Crippen LogP contribution is -2.31. The van der Waals surface area contributed by atoms with Crippen molar-refractivity contribution < 1.29 is 4.79 Å². The lowest BCUT2D eigenvalue weighted by atomic mass is 10.1. The second kappa shape index (κ2) is 6.83. The smallest absolute Gasteiger partial charge is 0.233 e. The van der Waals surface area contributed by atoms with Crippen LogP contribution < -0.4 is 0 Å². The van der Waals surface area contributed by atoms with Crippen LogP contribution in [0.2, 0.25) is 0 Å². The van der Waals surface area contributed by atoms with Gasteiger partial charge in [-0.15, -0.1) is 10.2 Å². The van der Waals surface area contributed by atoms with Gasteiger partial charge in [-0.25, -0.2) is 0 Å². The highest BCUT2D eigenvalue weighted by atomic mass is 32.2. The average molecular weight is 356 g/mol. The Morgan fingerprint density at radius 1 is 1.24 bits per heavy atom. The van der Waals surface area contributed by atoms with Gasteiger partial charge in [-0.05, 0) is 38.2 Å². The van der Waals surface area contributed by atoms with Crippen molar-refractivity contribution in [3.8, 4) is 0 Å². The molecule has 1 atom stereocenters. The molecule has 2 aromatic rings. The Morgan fingerprint density at radius 2 is 1.96 bits per heavy atom. The molecule has 0 N–H and O–H groups in total. The fraction of sp³-hybridized carbons (Fsp3) is 0.526. The number of benzene rings is 1. The molecule has 1 amide bonds. The fourth-order valence-corrected chi connectivity index (χ4v) is 4.02. The van der Waals surface area contributed by atoms with Gasteiger partial charge in [0, 0.05) is 19.0 Å². The molecule has 132 valence electrons. The van der Waals surface area contributed by atoms with Gasteiger partial charge in [-0.3, -0.25) is 4.79 Å². The molecule has 2 saturated carbocycles. The maximum absolute atomic E-state index is 12.6. The summed E-state index contributed by atoms with van der Waals surface area (Å²) in [7, 11) is 1.88. The number of carbonyl (C=O) groups is 1. The van der Waals surface area contributed by atoms with Crippen LogP contribution in [0.25, 0.3) is 0 Å². The van der Waals surface area contributed by atoms with E-state index in [0.717, 1.165) is 16.5 Å². The molecular weight excluding hydrogens is 332 g/mol. The van der Waals surface area contributed by atoms with Crippen molar-refractivity contribution in [2.24, 2.45) is 0 Å². The molecule has 0 bridgehead atoms. The molecule has 25 heavy (non-hydrogen) atoms. The Labute approximate surface area is 152 Å². The Bertz CT molecular complexity index is 752. The van der Waals surface area contributed by atoms with Crippen LogP contribution in [0.15, 0.2) is 35.5 Å². The van der Waals surface area contributed by atoms with Gasteiger partial charge in [0.05, 0.1) is 11.8 Å². The number of amides is 1. The zero-order valence-electron chi connectivity index (χ0n) is 14.8. The summed E-state index contributed by atoms with van der Waals surface area (Å²) in [6.07, 6.45) is 4.88. The Morgan fingerprint density at radius 3 is 2.60 bits per heavy atom. The highest BCUT2D eigenvalue weighted by Crippen LogP contribution is 2.46. The third-order valence-electron chi connectivity index (χ3n) is 5.13. The molecule has 2 fully saturated rings. The molecule has 0 saturated heterocycles. The fourth-order valence-electron chi connectivity index (χ4n) is 3.08. The first kappa shape index (κ1) is 16.6. The summed E-state index contributed by atoms with van der Waals surface area (Å²) >= 11 is 1.53. The van der Waals surface area contributed by atoms with Crippen molar-refractivity contribution >= 4 is 17.7 Å². The minimum Gasteiger partial charge on any atom is -0.338 e. The summed E-state index contributed by atoms with van der Waals surface area (Å²) in [6.45, 7) is 2.07. The number of carbonyl (C=O) groups excluding carboxylic acids is 1. The SMILES string of the molecule is C[C@H](c1ccccc1)N(C)C(=O)CSc1nnc(C2CC2)n1C1CC1. The molecule has 1 aromatic carbocycles. The quantitative estimate of drug-likeness (QED) is 0.708. The Balaban J connectivity index is 1.40. The molecule has 0 spiro atoms. The number of aromatic nitrogens is 3. The van der Waals surface area contributed by atoms with E-state index in [-0.39, 0.29) is 11.9 Å². The van der Waals surface area contributed by atoms with Crippen LogP contribution in [0, 0.1) is 0 Å². The molecule has 4 rings (SSSR count). The van der Waals surface area contributed by atoms with Crippen LogP contribution in [0.3, 0.4) is 0 Å². The van der Waals surface area contributed by atoms with E-state index in [1.807, 2.05) is 30.1 Å². The second-order valence-corrected chi connectivity index (χ2v) is 8.04. The molecule has 5 nitrogen and oxygen atoms in total. The highest BCUT2D eigenvalue weighted by molar-refractivity contribution is 7.99. The molecule has 0 radical (unpaired) electrons. The van der Waals surface area contributed by atoms with Crippen LogP contribution in [0.4, 0.5) is 0 Å². The molecule has 2 aliphatic rings. The number of rotatable bonds is 7. The average Bonchev–Trinajstić information content (AvgIpc) is 3.57. The predicted molar refractivity (Wildman–Crippen MR) is 98.6 cm³/mol. The summed E-state index contributed by atoms with van der Waals surface area (Å²) in [6, 6.07) is 10.8. The number of hydrogen-bond donors (Lipinski definition) is 0. The van der Waals surface area contributed by atoms with Crippen LogP contribution in [-0.2, 0) is 4.79 Å². The minimum absolute atomic E-state index is 0.0672. The van der Waals surface area contributed by atoms with Crippen LogP contribution in [0.5, 0.6) is 0 Å². The van der Waals surface area contributed by atoms with Crippen LogP contribution >= 0.6 is 11.8 Å². The topological polar surface area (TPSA) is 51.0 Å². The van der Waals surface area contributed by atoms with Gasteiger partial charge in [0.25, 0.3) is 0 Å². The molecular formula is C19H24N4OS. The van der Waals surface area contributed by atoms with Crippen molar-refractivity contribution in [3.05, 3.63) is 41.7 Å². The second-order valence-electron chi connectivity index (χ2n) is 7.10. The van der Waals surface area contributed by atoms with Gasteiger partial charge in [0.1, 0.15) is 5.82 Å². The van der Waals surface area contributed by atoms with Gasteiger partial charge < -0.3 is 9.47 Å². The van der Waals surface area contributed by atoms with Crippen molar-refractivity contribution in [3.63, 3.8) is 0 Å². The van der Waals surface area contributed by atoms with Gasteiger partial charge in [0.2, 0.25) is 5.91 Å². The molecule has 1 aromatic heterocycles. The van der Waals surface area contributed by atoms with E-state index >= 15 is 0 Å². The van der Waals surface area contributed by atoms with E-state index in [9.17, 15) is 4.79 Å². The van der Waals surface area contributed by atoms with E-state index in [4.69, 9.17) is 0 Å². The largest absolute Gasteiger partial charge is 0.338 e. The van der Waals surface area contributed by atoms with Crippen LogP contribution in [-0.4, -0.2) is 38.4 Å². The Hall–Kier alpha value is -1.82. The number of nitrogens with zero attached hydrogens (tertiary/aromatic N) is 4. The molecule has 2 aliphatic carbocycles.